The Morgan fingerprint density at radius 1 is 0.931 bits per heavy atom. The number of carbonyl (C=O) groups is 1. The molecular formula is C22H14F3NO3. The van der Waals surface area contributed by atoms with Crippen LogP contribution in [-0.2, 0) is 11.0 Å². The molecule has 1 aromatic heterocycles. The lowest BCUT2D eigenvalue weighted by Gasteiger charge is -2.07. The van der Waals surface area contributed by atoms with Gasteiger partial charge in [-0.15, -0.1) is 0 Å². The normalized spacial score (nSPS) is 11.6. The number of ether oxygens (including phenoxy) is 1. The zero-order chi connectivity index (χ0) is 20.6. The first kappa shape index (κ1) is 18.7. The third-order valence-electron chi connectivity index (χ3n) is 4.28. The second-order valence-corrected chi connectivity index (χ2v) is 6.40. The largest absolute Gasteiger partial charge is 0.436 e. The highest BCUT2D eigenvalue weighted by Gasteiger charge is 2.30. The molecule has 0 unspecified atom stereocenters. The van der Waals surface area contributed by atoms with E-state index in [1.807, 2.05) is 0 Å². The molecule has 0 aliphatic carbocycles. The summed E-state index contributed by atoms with van der Waals surface area (Å²) in [6.07, 6.45) is -4.37. The summed E-state index contributed by atoms with van der Waals surface area (Å²) in [7, 11) is 0. The molecule has 0 aliphatic heterocycles. The van der Waals surface area contributed by atoms with Crippen molar-refractivity contribution in [2.24, 2.45) is 0 Å². The molecule has 0 spiro atoms. The lowest BCUT2D eigenvalue weighted by atomic mass is 10.0. The monoisotopic (exact) mass is 397 g/mol. The predicted octanol–water partition coefficient (Wildman–Crippen LogP) is 6.11. The van der Waals surface area contributed by atoms with E-state index in [0.29, 0.717) is 39.4 Å². The first-order chi connectivity index (χ1) is 13.8. The standard InChI is InChI=1S/C22H14F3NO3/c1-13(27)28-18-4-2-3-16(11-18)21-26-19-10-7-15(12-20(19)29-21)14-5-8-17(9-6-14)22(23,24)25/h2-12H,1H3. The van der Waals surface area contributed by atoms with E-state index in [1.165, 1.54) is 19.1 Å². The summed E-state index contributed by atoms with van der Waals surface area (Å²) < 4.78 is 49.1. The van der Waals surface area contributed by atoms with Crippen LogP contribution in [0.25, 0.3) is 33.7 Å². The van der Waals surface area contributed by atoms with Gasteiger partial charge >= 0.3 is 12.1 Å². The van der Waals surface area contributed by atoms with Gasteiger partial charge in [0.1, 0.15) is 11.3 Å². The molecule has 0 bridgehead atoms. The number of aromatic nitrogens is 1. The number of hydrogen-bond acceptors (Lipinski definition) is 4. The highest BCUT2D eigenvalue weighted by molar-refractivity contribution is 5.82. The summed E-state index contributed by atoms with van der Waals surface area (Å²) in [6.45, 7) is 1.31. The summed E-state index contributed by atoms with van der Waals surface area (Å²) in [5.74, 6) is 0.294. The fraction of sp³-hybridized carbons (Fsp3) is 0.0909. The van der Waals surface area contributed by atoms with Crippen molar-refractivity contribution in [2.45, 2.75) is 13.1 Å². The summed E-state index contributed by atoms with van der Waals surface area (Å²) in [5.41, 5.74) is 2.38. The number of alkyl halides is 3. The van der Waals surface area contributed by atoms with E-state index in [9.17, 15) is 18.0 Å². The molecule has 0 amide bonds. The number of fused-ring (bicyclic) bond motifs is 1. The quantitative estimate of drug-likeness (QED) is 0.309. The number of oxazole rings is 1. The molecule has 0 fully saturated rings. The molecule has 4 nitrogen and oxygen atoms in total. The van der Waals surface area contributed by atoms with Gasteiger partial charge in [0, 0.05) is 12.5 Å². The summed E-state index contributed by atoms with van der Waals surface area (Å²) in [5, 5.41) is 0. The fourth-order valence-electron chi connectivity index (χ4n) is 2.94. The van der Waals surface area contributed by atoms with Gasteiger partial charge < -0.3 is 9.15 Å². The van der Waals surface area contributed by atoms with Gasteiger partial charge in [0.2, 0.25) is 5.89 Å². The van der Waals surface area contributed by atoms with E-state index in [4.69, 9.17) is 9.15 Å². The Morgan fingerprint density at radius 3 is 2.34 bits per heavy atom. The minimum atomic E-state index is -4.37. The van der Waals surface area contributed by atoms with Gasteiger partial charge in [0.05, 0.1) is 5.56 Å². The number of halogens is 3. The molecular weight excluding hydrogens is 383 g/mol. The van der Waals surface area contributed by atoms with Crippen LogP contribution in [-0.4, -0.2) is 11.0 Å². The van der Waals surface area contributed by atoms with Crippen LogP contribution in [0.3, 0.4) is 0 Å². The van der Waals surface area contributed by atoms with Crippen molar-refractivity contribution in [3.8, 4) is 28.3 Å². The van der Waals surface area contributed by atoms with Gasteiger partial charge in [-0.05, 0) is 53.6 Å². The number of benzene rings is 3. The van der Waals surface area contributed by atoms with Gasteiger partial charge in [-0.1, -0.05) is 24.3 Å². The first-order valence-electron chi connectivity index (χ1n) is 8.67. The second-order valence-electron chi connectivity index (χ2n) is 6.40. The van der Waals surface area contributed by atoms with Crippen molar-refractivity contribution in [1.82, 2.24) is 4.98 Å². The van der Waals surface area contributed by atoms with E-state index in [-0.39, 0.29) is 0 Å². The molecule has 0 N–H and O–H groups in total. The summed E-state index contributed by atoms with van der Waals surface area (Å²) >= 11 is 0. The fourth-order valence-corrected chi connectivity index (χ4v) is 2.94. The van der Waals surface area contributed by atoms with E-state index >= 15 is 0 Å². The molecule has 4 rings (SSSR count). The van der Waals surface area contributed by atoms with Crippen molar-refractivity contribution in [3.63, 3.8) is 0 Å². The van der Waals surface area contributed by atoms with Gasteiger partial charge in [-0.2, -0.15) is 13.2 Å². The Balaban J connectivity index is 1.67. The predicted molar refractivity (Wildman–Crippen MR) is 101 cm³/mol. The van der Waals surface area contributed by atoms with Crippen LogP contribution in [0.2, 0.25) is 0 Å². The average Bonchev–Trinajstić information content (AvgIpc) is 3.10. The van der Waals surface area contributed by atoms with Gasteiger partial charge in [-0.3, -0.25) is 4.79 Å². The molecule has 0 aliphatic rings. The minimum absolute atomic E-state index is 0.346. The highest BCUT2D eigenvalue weighted by Crippen LogP contribution is 2.33. The van der Waals surface area contributed by atoms with Crippen LogP contribution in [0.4, 0.5) is 13.2 Å². The van der Waals surface area contributed by atoms with Crippen LogP contribution in [0.15, 0.2) is 71.1 Å². The number of carbonyl (C=O) groups excluding carboxylic acids is 1. The smallest absolute Gasteiger partial charge is 0.416 e. The third kappa shape index (κ3) is 3.99. The van der Waals surface area contributed by atoms with Crippen LogP contribution in [0.1, 0.15) is 12.5 Å². The maximum absolute atomic E-state index is 12.7. The number of rotatable bonds is 3. The molecule has 7 heteroatoms. The lowest BCUT2D eigenvalue weighted by molar-refractivity contribution is -0.137. The summed E-state index contributed by atoms with van der Waals surface area (Å²) in [4.78, 5) is 15.6. The Morgan fingerprint density at radius 2 is 1.66 bits per heavy atom. The van der Waals surface area contributed by atoms with Crippen molar-refractivity contribution in [2.75, 3.05) is 0 Å². The van der Waals surface area contributed by atoms with Crippen LogP contribution >= 0.6 is 0 Å². The average molecular weight is 397 g/mol. The molecule has 0 atom stereocenters. The van der Waals surface area contributed by atoms with Crippen molar-refractivity contribution < 1.29 is 27.1 Å². The Bertz CT molecular complexity index is 1190. The molecule has 146 valence electrons. The first-order valence-corrected chi connectivity index (χ1v) is 8.67. The second kappa shape index (κ2) is 7.09. The van der Waals surface area contributed by atoms with Crippen molar-refractivity contribution in [1.29, 1.82) is 0 Å². The third-order valence-corrected chi connectivity index (χ3v) is 4.28. The maximum Gasteiger partial charge on any atom is 0.416 e. The Hall–Kier alpha value is -3.61. The lowest BCUT2D eigenvalue weighted by Crippen LogP contribution is -2.03. The number of nitrogens with zero attached hydrogens (tertiary/aromatic N) is 1. The maximum atomic E-state index is 12.7. The van der Waals surface area contributed by atoms with E-state index < -0.39 is 17.7 Å². The van der Waals surface area contributed by atoms with Gasteiger partial charge in [0.15, 0.2) is 5.58 Å². The molecule has 0 saturated carbocycles. The molecule has 4 aromatic rings. The minimum Gasteiger partial charge on any atom is -0.436 e. The molecule has 29 heavy (non-hydrogen) atoms. The highest BCUT2D eigenvalue weighted by atomic mass is 19.4. The van der Waals surface area contributed by atoms with Gasteiger partial charge in [-0.25, -0.2) is 4.98 Å². The van der Waals surface area contributed by atoms with Crippen LogP contribution in [0.5, 0.6) is 5.75 Å². The Kier molecular flexibility index (Phi) is 4.58. The zero-order valence-electron chi connectivity index (χ0n) is 15.2. The SMILES string of the molecule is CC(=O)Oc1cccc(-c2nc3ccc(-c4ccc(C(F)(F)F)cc4)cc3o2)c1. The molecule has 1 heterocycles. The van der Waals surface area contributed by atoms with Crippen molar-refractivity contribution >= 4 is 17.1 Å². The van der Waals surface area contributed by atoms with Gasteiger partial charge in [0.25, 0.3) is 0 Å². The van der Waals surface area contributed by atoms with Crippen LogP contribution < -0.4 is 4.74 Å². The molecule has 3 aromatic carbocycles. The van der Waals surface area contributed by atoms with E-state index in [2.05, 4.69) is 4.98 Å². The van der Waals surface area contributed by atoms with Crippen LogP contribution in [0, 0.1) is 0 Å². The summed E-state index contributed by atoms with van der Waals surface area (Å²) in [6, 6.07) is 17.0. The van der Waals surface area contributed by atoms with Crippen molar-refractivity contribution in [3.05, 3.63) is 72.3 Å². The zero-order valence-corrected chi connectivity index (χ0v) is 15.2. The number of esters is 1. The van der Waals surface area contributed by atoms with E-state index in [0.717, 1.165) is 12.1 Å². The van der Waals surface area contributed by atoms with E-state index in [1.54, 1.807) is 42.5 Å². The number of hydrogen-bond donors (Lipinski definition) is 0. The molecule has 0 saturated heterocycles. The Labute approximate surface area is 163 Å². The molecule has 0 radical (unpaired) electrons. The topological polar surface area (TPSA) is 52.3 Å².